The number of nitrogens with zero attached hydrogens (tertiary/aromatic N) is 4. The maximum atomic E-state index is 12.8. The molecule has 0 saturated carbocycles. The zero-order chi connectivity index (χ0) is 30.1. The minimum Gasteiger partial charge on any atom is -0.394 e. The summed E-state index contributed by atoms with van der Waals surface area (Å²) < 4.78 is 44.3. The van der Waals surface area contributed by atoms with Gasteiger partial charge in [0.1, 0.15) is 54.5 Å². The highest BCUT2D eigenvalue weighted by Crippen LogP contribution is 2.33. The van der Waals surface area contributed by atoms with Crippen molar-refractivity contribution in [1.29, 1.82) is 0 Å². The van der Waals surface area contributed by atoms with Gasteiger partial charge in [-0.25, -0.2) is 13.1 Å². The molecule has 0 aliphatic carbocycles. The molecule has 1 aromatic heterocycles. The van der Waals surface area contributed by atoms with E-state index in [0.717, 1.165) is 8.99 Å². The van der Waals surface area contributed by atoms with Gasteiger partial charge in [0.2, 0.25) is 10.0 Å². The largest absolute Gasteiger partial charge is 0.394 e. The highest BCUT2D eigenvalue weighted by molar-refractivity contribution is 7.92. The Kier molecular flexibility index (Phi) is 10.2. The number of aromatic nitrogens is 3. The lowest BCUT2D eigenvalue weighted by atomic mass is 9.96. The van der Waals surface area contributed by atoms with Gasteiger partial charge in [-0.15, -0.1) is 5.10 Å². The third-order valence-electron chi connectivity index (χ3n) is 6.92. The van der Waals surface area contributed by atoms with Crippen molar-refractivity contribution in [2.24, 2.45) is 0 Å². The maximum Gasteiger partial charge on any atom is 0.235 e. The first-order chi connectivity index (χ1) is 19.4. The number of benzene rings is 1. The van der Waals surface area contributed by atoms with Gasteiger partial charge in [-0.2, -0.15) is 0 Å². The van der Waals surface area contributed by atoms with Gasteiger partial charge in [0, 0.05) is 5.02 Å². The monoisotopic (exact) mass is 624 g/mol. The van der Waals surface area contributed by atoms with Crippen molar-refractivity contribution in [3.63, 3.8) is 0 Å². The minimum absolute atomic E-state index is 0.169. The van der Waals surface area contributed by atoms with Gasteiger partial charge in [-0.3, -0.25) is 4.31 Å². The van der Waals surface area contributed by atoms with E-state index in [1.165, 1.54) is 37.4 Å². The number of hydrogen-bond acceptors (Lipinski definition) is 14. The van der Waals surface area contributed by atoms with Crippen molar-refractivity contribution < 1.29 is 58.4 Å². The van der Waals surface area contributed by atoms with E-state index in [0.29, 0.717) is 10.7 Å². The Balaban J connectivity index is 1.51. The van der Waals surface area contributed by atoms with Crippen molar-refractivity contribution in [1.82, 2.24) is 15.0 Å². The molecule has 0 radical (unpaired) electrons. The molecule has 7 N–H and O–H groups in total. The summed E-state index contributed by atoms with van der Waals surface area (Å²) in [5, 5.41) is 79.6. The lowest BCUT2D eigenvalue weighted by Crippen LogP contribution is -2.63. The van der Waals surface area contributed by atoms with Crippen LogP contribution in [0.3, 0.4) is 0 Å². The average molecular weight is 625 g/mol. The van der Waals surface area contributed by atoms with Crippen LogP contribution in [0.1, 0.15) is 18.8 Å². The van der Waals surface area contributed by atoms with E-state index in [1.807, 2.05) is 0 Å². The van der Waals surface area contributed by atoms with Gasteiger partial charge in [0.25, 0.3) is 0 Å². The first-order valence-corrected chi connectivity index (χ1v) is 14.7. The fourth-order valence-electron chi connectivity index (χ4n) is 4.56. The van der Waals surface area contributed by atoms with E-state index in [-0.39, 0.29) is 18.0 Å². The Morgan fingerprint density at radius 1 is 0.951 bits per heavy atom. The molecule has 18 heteroatoms. The summed E-state index contributed by atoms with van der Waals surface area (Å²) in [6, 6.07) is 6.14. The number of rotatable bonds is 10. The molecule has 3 heterocycles. The quantitative estimate of drug-likeness (QED) is 0.140. The molecule has 41 heavy (non-hydrogen) atoms. The third kappa shape index (κ3) is 6.66. The molecule has 0 amide bonds. The van der Waals surface area contributed by atoms with Crippen LogP contribution < -0.4 is 4.31 Å². The Hall–Kier alpha value is -2.00. The molecule has 2 fully saturated rings. The highest BCUT2D eigenvalue weighted by Gasteiger charge is 2.51. The smallest absolute Gasteiger partial charge is 0.235 e. The minimum atomic E-state index is -3.75. The SMILES string of the molecule is CCS(=O)(=O)N(Cc1cn([C@H]2O[C@H](CO)[C@@H](O[C@@H]3O[C@H](CO)[C@H](O)[C@H](O)[C@H]3O)[C@H](O)[C@H]2O)nn1)c1ccc(Cl)cc1. The van der Waals surface area contributed by atoms with Crippen molar-refractivity contribution in [3.8, 4) is 0 Å². The van der Waals surface area contributed by atoms with Crippen LogP contribution in [0.4, 0.5) is 5.69 Å². The molecule has 0 bridgehead atoms. The van der Waals surface area contributed by atoms with Crippen LogP contribution in [-0.4, -0.2) is 133 Å². The summed E-state index contributed by atoms with van der Waals surface area (Å²) in [5.74, 6) is -0.200. The van der Waals surface area contributed by atoms with Crippen molar-refractivity contribution in [2.75, 3.05) is 23.3 Å². The molecule has 16 nitrogen and oxygen atoms in total. The van der Waals surface area contributed by atoms with Gasteiger partial charge < -0.3 is 50.0 Å². The zero-order valence-electron chi connectivity index (χ0n) is 21.7. The Labute approximate surface area is 239 Å². The summed E-state index contributed by atoms with van der Waals surface area (Å²) >= 11 is 5.93. The third-order valence-corrected chi connectivity index (χ3v) is 8.91. The van der Waals surface area contributed by atoms with E-state index >= 15 is 0 Å². The molecule has 1 aromatic carbocycles. The van der Waals surface area contributed by atoms with Crippen LogP contribution in [0.25, 0.3) is 0 Å². The number of anilines is 1. The van der Waals surface area contributed by atoms with E-state index in [2.05, 4.69) is 10.3 Å². The number of aliphatic hydroxyl groups is 7. The van der Waals surface area contributed by atoms with Crippen LogP contribution in [0.2, 0.25) is 5.02 Å². The van der Waals surface area contributed by atoms with Gasteiger partial charge in [-0.05, 0) is 31.2 Å². The first-order valence-electron chi connectivity index (χ1n) is 12.7. The lowest BCUT2D eigenvalue weighted by Gasteiger charge is -2.45. The number of halogens is 1. The van der Waals surface area contributed by atoms with Crippen molar-refractivity contribution in [3.05, 3.63) is 41.2 Å². The van der Waals surface area contributed by atoms with Crippen LogP contribution in [0, 0.1) is 0 Å². The number of sulfonamides is 1. The fraction of sp³-hybridized carbons (Fsp3) is 0.652. The maximum absolute atomic E-state index is 12.8. The standard InChI is InChI=1S/C23H33ClN4O12S/c1-2-41(36,37)28(13-5-3-11(24)4-6-13)8-12-7-27(26-25-12)22-19(34)18(33)21(15(10-30)38-22)40-23-20(35)17(32)16(31)14(9-29)39-23/h3-7,14-23,29-35H,2,8-10H2,1H3/t14-,15-,16+,17+,18-,19-,20-,21-,22+,23+/m1/s1. The lowest BCUT2D eigenvalue weighted by molar-refractivity contribution is -0.347. The molecule has 2 aromatic rings. The van der Waals surface area contributed by atoms with Crippen LogP contribution in [0.5, 0.6) is 0 Å². The van der Waals surface area contributed by atoms with Crippen molar-refractivity contribution >= 4 is 27.3 Å². The van der Waals surface area contributed by atoms with Gasteiger partial charge in [0.15, 0.2) is 12.5 Å². The van der Waals surface area contributed by atoms with Gasteiger partial charge in [0.05, 0.1) is 37.4 Å². The number of hydrogen-bond donors (Lipinski definition) is 7. The Bertz CT molecular complexity index is 1250. The Morgan fingerprint density at radius 2 is 1.61 bits per heavy atom. The predicted octanol–water partition coefficient (Wildman–Crippen LogP) is -2.92. The van der Waals surface area contributed by atoms with Crippen LogP contribution >= 0.6 is 11.6 Å². The zero-order valence-corrected chi connectivity index (χ0v) is 23.3. The summed E-state index contributed by atoms with van der Waals surface area (Å²) in [5.41, 5.74) is 0.506. The number of ether oxygens (including phenoxy) is 3. The normalized spacial score (nSPS) is 34.5. The second-order valence-corrected chi connectivity index (χ2v) is 12.2. The van der Waals surface area contributed by atoms with Crippen LogP contribution in [0.15, 0.2) is 30.5 Å². The average Bonchev–Trinajstić information content (AvgIpc) is 3.43. The van der Waals surface area contributed by atoms with E-state index < -0.39 is 84.6 Å². The molecule has 0 unspecified atom stereocenters. The molecule has 10 atom stereocenters. The van der Waals surface area contributed by atoms with E-state index in [4.69, 9.17) is 25.8 Å². The Morgan fingerprint density at radius 3 is 2.22 bits per heavy atom. The topological polar surface area (TPSA) is 237 Å². The van der Waals surface area contributed by atoms with Crippen LogP contribution in [-0.2, 0) is 30.8 Å². The first kappa shape index (κ1) is 31.9. The molecule has 0 spiro atoms. The summed E-state index contributed by atoms with van der Waals surface area (Å²) in [6.07, 6.45) is -14.5. The van der Waals surface area contributed by atoms with E-state index in [1.54, 1.807) is 0 Å². The second-order valence-electron chi connectivity index (χ2n) is 9.60. The molecular weight excluding hydrogens is 592 g/mol. The molecule has 2 aliphatic heterocycles. The summed E-state index contributed by atoms with van der Waals surface area (Å²) in [4.78, 5) is 0. The molecule has 230 valence electrons. The molecule has 4 rings (SSSR count). The van der Waals surface area contributed by atoms with Gasteiger partial charge >= 0.3 is 0 Å². The fourth-order valence-corrected chi connectivity index (χ4v) is 5.77. The second kappa shape index (κ2) is 13.1. The molecule has 2 aliphatic rings. The summed E-state index contributed by atoms with van der Waals surface area (Å²) in [7, 11) is -3.75. The predicted molar refractivity (Wildman–Crippen MR) is 139 cm³/mol. The van der Waals surface area contributed by atoms with E-state index in [9.17, 15) is 44.2 Å². The number of aliphatic hydroxyl groups excluding tert-OH is 7. The molecular formula is C23H33ClN4O12S. The highest BCUT2D eigenvalue weighted by atomic mass is 35.5. The molecule has 2 saturated heterocycles. The van der Waals surface area contributed by atoms with Gasteiger partial charge in [-0.1, -0.05) is 16.8 Å². The van der Waals surface area contributed by atoms with Crippen molar-refractivity contribution in [2.45, 2.75) is 74.8 Å². The summed E-state index contributed by atoms with van der Waals surface area (Å²) in [6.45, 7) is -0.189.